The fourth-order valence-electron chi connectivity index (χ4n) is 1.37. The van der Waals surface area contributed by atoms with Gasteiger partial charge in [0.1, 0.15) is 0 Å². The Balaban J connectivity index is 0.00000289. The number of rotatable bonds is 4. The van der Waals surface area contributed by atoms with Crippen molar-refractivity contribution in [2.24, 2.45) is 0 Å². The Morgan fingerprint density at radius 1 is 1.28 bits per heavy atom. The zero-order valence-corrected chi connectivity index (χ0v) is 10.5. The van der Waals surface area contributed by atoms with Crippen LogP contribution in [0.3, 0.4) is 0 Å². The number of hydrogen-bond acceptors (Lipinski definition) is 2. The van der Waals surface area contributed by atoms with Gasteiger partial charge in [0.2, 0.25) is 5.91 Å². The lowest BCUT2D eigenvalue weighted by atomic mass is 10.1. The third-order valence-electron chi connectivity index (χ3n) is 2.14. The van der Waals surface area contributed by atoms with E-state index in [4.69, 9.17) is 0 Å². The van der Waals surface area contributed by atoms with Gasteiger partial charge in [0.15, 0.2) is 0 Å². The number of amides is 1. The lowest BCUT2D eigenvalue weighted by Crippen LogP contribution is -2.32. The Bertz CT molecular complexity index is 396. The number of hydrogen-bond donors (Lipinski definition) is 2. The Morgan fingerprint density at radius 2 is 1.89 bits per heavy atom. The number of alkyl halides is 3. The van der Waals surface area contributed by atoms with Gasteiger partial charge in [0.05, 0.1) is 12.1 Å². The molecule has 0 bridgehead atoms. The molecule has 0 aliphatic rings. The highest BCUT2D eigenvalue weighted by Gasteiger charge is 2.32. The molecule has 1 aromatic rings. The molecule has 0 saturated heterocycles. The Morgan fingerprint density at radius 3 is 2.44 bits per heavy atom. The van der Waals surface area contributed by atoms with Crippen LogP contribution in [0.25, 0.3) is 0 Å². The van der Waals surface area contributed by atoms with Crippen LogP contribution in [0.5, 0.6) is 0 Å². The Hall–Kier alpha value is -1.27. The molecule has 18 heavy (non-hydrogen) atoms. The minimum absolute atomic E-state index is 0. The smallest absolute Gasteiger partial charge is 0.351 e. The monoisotopic (exact) mass is 282 g/mol. The lowest BCUT2D eigenvalue weighted by molar-refractivity contribution is -0.138. The Kier molecular flexibility index (Phi) is 6.72. The van der Waals surface area contributed by atoms with Gasteiger partial charge in [0.25, 0.3) is 0 Å². The first-order valence-corrected chi connectivity index (χ1v) is 5.01. The van der Waals surface area contributed by atoms with E-state index in [1.165, 1.54) is 18.2 Å². The maximum atomic E-state index is 12.6. The predicted octanol–water partition coefficient (Wildman–Crippen LogP) is 1.96. The summed E-state index contributed by atoms with van der Waals surface area (Å²) in [4.78, 5) is 11.1. The minimum Gasteiger partial charge on any atom is -0.351 e. The topological polar surface area (TPSA) is 41.1 Å². The van der Waals surface area contributed by atoms with Gasteiger partial charge in [-0.15, -0.1) is 12.4 Å². The van der Waals surface area contributed by atoms with Crippen LogP contribution < -0.4 is 10.6 Å². The van der Waals surface area contributed by atoms with E-state index < -0.39 is 11.7 Å². The van der Waals surface area contributed by atoms with E-state index in [1.54, 1.807) is 7.05 Å². The van der Waals surface area contributed by atoms with Gasteiger partial charge in [0, 0.05) is 6.54 Å². The first kappa shape index (κ1) is 16.7. The van der Waals surface area contributed by atoms with E-state index in [0.29, 0.717) is 0 Å². The Labute approximate surface area is 109 Å². The molecule has 2 N–H and O–H groups in total. The van der Waals surface area contributed by atoms with Crippen molar-refractivity contribution in [1.82, 2.24) is 10.6 Å². The first-order chi connectivity index (χ1) is 7.95. The summed E-state index contributed by atoms with van der Waals surface area (Å²) in [6, 6.07) is 5.18. The summed E-state index contributed by atoms with van der Waals surface area (Å²) in [5.74, 6) is -0.343. The van der Waals surface area contributed by atoms with Crippen LogP contribution in [0.15, 0.2) is 24.3 Å². The van der Waals surface area contributed by atoms with Gasteiger partial charge in [-0.05, 0) is 18.7 Å². The number of carbonyl (C=O) groups excluding carboxylic acids is 1. The lowest BCUT2D eigenvalue weighted by Gasteiger charge is -2.13. The molecule has 0 saturated carbocycles. The second kappa shape index (κ2) is 7.23. The van der Waals surface area contributed by atoms with Crippen LogP contribution >= 0.6 is 12.4 Å². The minimum atomic E-state index is -4.40. The number of halogens is 4. The number of benzene rings is 1. The molecule has 0 fully saturated rings. The van der Waals surface area contributed by atoms with Gasteiger partial charge in [-0.25, -0.2) is 0 Å². The SMILES string of the molecule is CNCC(=O)NCc1ccccc1C(F)(F)F.Cl. The number of nitrogens with one attached hydrogen (secondary N) is 2. The molecule has 0 aliphatic carbocycles. The van der Waals surface area contributed by atoms with Crippen LogP contribution in [-0.4, -0.2) is 19.5 Å². The molecule has 1 rings (SSSR count). The van der Waals surface area contributed by atoms with Crippen LogP contribution in [0, 0.1) is 0 Å². The highest BCUT2D eigenvalue weighted by molar-refractivity contribution is 5.85. The van der Waals surface area contributed by atoms with Gasteiger partial charge < -0.3 is 10.6 Å². The van der Waals surface area contributed by atoms with Crippen LogP contribution in [0.2, 0.25) is 0 Å². The molecule has 1 amide bonds. The summed E-state index contributed by atoms with van der Waals surface area (Å²) in [5, 5.41) is 5.03. The van der Waals surface area contributed by atoms with E-state index in [9.17, 15) is 18.0 Å². The molecule has 3 nitrogen and oxygen atoms in total. The average Bonchev–Trinajstić information content (AvgIpc) is 2.26. The standard InChI is InChI=1S/C11H13F3N2O.ClH/c1-15-7-10(17)16-6-8-4-2-3-5-9(8)11(12,13)14;/h2-5,15H,6-7H2,1H3,(H,16,17);1H. The highest BCUT2D eigenvalue weighted by Crippen LogP contribution is 2.31. The van der Waals surface area contributed by atoms with E-state index in [1.807, 2.05) is 0 Å². The molecular formula is C11H14ClF3N2O. The van der Waals surface area contributed by atoms with Crippen LogP contribution in [-0.2, 0) is 17.5 Å². The third-order valence-corrected chi connectivity index (χ3v) is 2.14. The maximum Gasteiger partial charge on any atom is 0.416 e. The van der Waals surface area contributed by atoms with Gasteiger partial charge >= 0.3 is 6.18 Å². The third kappa shape index (κ3) is 4.93. The quantitative estimate of drug-likeness (QED) is 0.886. The first-order valence-electron chi connectivity index (χ1n) is 5.01. The van der Waals surface area contributed by atoms with E-state index in [-0.39, 0.29) is 37.0 Å². The van der Waals surface area contributed by atoms with Crippen molar-refractivity contribution in [1.29, 1.82) is 0 Å². The fraction of sp³-hybridized carbons (Fsp3) is 0.364. The second-order valence-electron chi connectivity index (χ2n) is 3.46. The average molecular weight is 283 g/mol. The zero-order chi connectivity index (χ0) is 12.9. The summed E-state index contributed by atoms with van der Waals surface area (Å²) in [7, 11) is 1.59. The largest absolute Gasteiger partial charge is 0.416 e. The van der Waals surface area contributed by atoms with E-state index in [0.717, 1.165) is 6.07 Å². The van der Waals surface area contributed by atoms with Crippen molar-refractivity contribution < 1.29 is 18.0 Å². The maximum absolute atomic E-state index is 12.6. The van der Waals surface area contributed by atoms with Crippen molar-refractivity contribution >= 4 is 18.3 Å². The van der Waals surface area contributed by atoms with Gasteiger partial charge in [-0.3, -0.25) is 4.79 Å². The van der Waals surface area contributed by atoms with Crippen molar-refractivity contribution in [2.45, 2.75) is 12.7 Å². The summed E-state index contributed by atoms with van der Waals surface area (Å²) in [6.07, 6.45) is -4.40. The molecule has 0 atom stereocenters. The second-order valence-corrected chi connectivity index (χ2v) is 3.46. The molecular weight excluding hydrogens is 269 g/mol. The van der Waals surface area contributed by atoms with E-state index >= 15 is 0 Å². The fourth-order valence-corrected chi connectivity index (χ4v) is 1.37. The van der Waals surface area contributed by atoms with Gasteiger partial charge in [-0.1, -0.05) is 18.2 Å². The molecule has 102 valence electrons. The number of carbonyl (C=O) groups is 1. The summed E-state index contributed by atoms with van der Waals surface area (Å²) >= 11 is 0. The molecule has 0 aliphatic heterocycles. The molecule has 0 aromatic heterocycles. The zero-order valence-electron chi connectivity index (χ0n) is 9.67. The summed E-state index contributed by atoms with van der Waals surface area (Å²) in [5.41, 5.74) is -0.658. The normalized spacial score (nSPS) is 10.7. The van der Waals surface area contributed by atoms with Crippen LogP contribution in [0.1, 0.15) is 11.1 Å². The summed E-state index contributed by atoms with van der Waals surface area (Å²) in [6.45, 7) is -0.0512. The van der Waals surface area contributed by atoms with Crippen molar-refractivity contribution in [3.8, 4) is 0 Å². The van der Waals surface area contributed by atoms with Crippen molar-refractivity contribution in [3.05, 3.63) is 35.4 Å². The van der Waals surface area contributed by atoms with E-state index in [2.05, 4.69) is 10.6 Å². The molecule has 0 heterocycles. The number of likely N-dealkylation sites (N-methyl/N-ethyl adjacent to an activating group) is 1. The van der Waals surface area contributed by atoms with Gasteiger partial charge in [-0.2, -0.15) is 13.2 Å². The van der Waals surface area contributed by atoms with Crippen LogP contribution in [0.4, 0.5) is 13.2 Å². The predicted molar refractivity (Wildman–Crippen MR) is 64.5 cm³/mol. The highest BCUT2D eigenvalue weighted by atomic mass is 35.5. The molecule has 0 radical (unpaired) electrons. The molecule has 1 aromatic carbocycles. The van der Waals surface area contributed by atoms with Crippen molar-refractivity contribution in [3.63, 3.8) is 0 Å². The molecule has 0 unspecified atom stereocenters. The summed E-state index contributed by atoms with van der Waals surface area (Å²) < 4.78 is 37.8. The molecule has 7 heteroatoms. The van der Waals surface area contributed by atoms with Crippen molar-refractivity contribution in [2.75, 3.05) is 13.6 Å². The molecule has 0 spiro atoms.